The zero-order valence-corrected chi connectivity index (χ0v) is 25.1. The maximum absolute atomic E-state index is 14.1. The molecule has 4 aromatic rings. The van der Waals surface area contributed by atoms with Crippen molar-refractivity contribution in [2.45, 2.75) is 58.2 Å². The van der Waals surface area contributed by atoms with Gasteiger partial charge in [0.05, 0.1) is 0 Å². The van der Waals surface area contributed by atoms with Gasteiger partial charge >= 0.3 is 0 Å². The van der Waals surface area contributed by atoms with Crippen molar-refractivity contribution < 1.29 is 4.79 Å². The van der Waals surface area contributed by atoms with Gasteiger partial charge in [-0.3, -0.25) is 9.59 Å². The van der Waals surface area contributed by atoms with Crippen molar-refractivity contribution in [1.82, 2.24) is 24.6 Å². The summed E-state index contributed by atoms with van der Waals surface area (Å²) in [6.07, 6.45) is 3.55. The van der Waals surface area contributed by atoms with Gasteiger partial charge in [-0.25, -0.2) is 4.68 Å². The Hall–Kier alpha value is -3.81. The summed E-state index contributed by atoms with van der Waals surface area (Å²) in [5, 5.41) is 5.33. The number of carbonyl (C=O) groups is 1. The van der Waals surface area contributed by atoms with Gasteiger partial charge in [0.2, 0.25) is 5.91 Å². The van der Waals surface area contributed by atoms with E-state index in [0.717, 1.165) is 48.2 Å². The number of carbonyl (C=O) groups excluding carboxylic acids is 1. The molecule has 1 saturated heterocycles. The topological polar surface area (TPSA) is 71.3 Å². The van der Waals surface area contributed by atoms with Crippen molar-refractivity contribution in [2.75, 3.05) is 20.1 Å². The molecule has 3 aromatic carbocycles. The summed E-state index contributed by atoms with van der Waals surface area (Å²) >= 11 is 6.07. The molecule has 1 amide bonds. The van der Waals surface area contributed by atoms with E-state index in [1.54, 1.807) is 4.68 Å². The normalized spacial score (nSPS) is 14.2. The molecule has 8 heteroatoms. The molecule has 1 aliphatic rings. The van der Waals surface area contributed by atoms with Crippen molar-refractivity contribution in [3.8, 4) is 11.1 Å². The average Bonchev–Trinajstić information content (AvgIpc) is 3.01. The Morgan fingerprint density at radius 3 is 2.19 bits per heavy atom. The fourth-order valence-corrected chi connectivity index (χ4v) is 5.63. The quantitative estimate of drug-likeness (QED) is 0.249. The second-order valence-electron chi connectivity index (χ2n) is 11.0. The van der Waals surface area contributed by atoms with Crippen LogP contribution in [0, 0.1) is 0 Å². The minimum atomic E-state index is -0.308. The molecule has 0 aliphatic carbocycles. The number of hydrogen-bond donors (Lipinski definition) is 0. The van der Waals surface area contributed by atoms with E-state index in [1.807, 2.05) is 54.3 Å². The molecular weight excluding hydrogens is 546 g/mol. The number of piperidine rings is 1. The standard InChI is InChI=1S/C34H38ClN5O2/c1-3-31-34(42)36-32(18-11-25-7-5-4-6-8-25)40(37-31)24-33(41)39(30-19-21-38(2)22-20-30)23-26-9-12-27(13-10-26)28-14-16-29(35)17-15-28/h4-10,12-17,30H,3,11,18-24H2,1-2H3. The lowest BCUT2D eigenvalue weighted by atomic mass is 10.0. The first-order valence-electron chi connectivity index (χ1n) is 14.7. The van der Waals surface area contributed by atoms with Crippen LogP contribution in [0.5, 0.6) is 0 Å². The molecular formula is C34H38ClN5O2. The first-order valence-corrected chi connectivity index (χ1v) is 15.1. The second-order valence-corrected chi connectivity index (χ2v) is 11.5. The van der Waals surface area contributed by atoms with E-state index in [4.69, 9.17) is 11.6 Å². The highest BCUT2D eigenvalue weighted by Gasteiger charge is 2.28. The summed E-state index contributed by atoms with van der Waals surface area (Å²) in [6, 6.07) is 26.4. The number of likely N-dealkylation sites (tertiary alicyclic amines) is 1. The smallest absolute Gasteiger partial charge is 0.294 e. The number of aryl methyl sites for hydroxylation is 3. The predicted molar refractivity (Wildman–Crippen MR) is 167 cm³/mol. The van der Waals surface area contributed by atoms with Crippen LogP contribution in [0.25, 0.3) is 11.1 Å². The number of amides is 1. The molecule has 2 heterocycles. The van der Waals surface area contributed by atoms with Crippen LogP contribution in [-0.4, -0.2) is 56.7 Å². The third-order valence-electron chi connectivity index (χ3n) is 8.05. The summed E-state index contributed by atoms with van der Waals surface area (Å²) in [5.74, 6) is 0.539. The van der Waals surface area contributed by atoms with E-state index in [9.17, 15) is 9.59 Å². The summed E-state index contributed by atoms with van der Waals surface area (Å²) in [7, 11) is 2.12. The predicted octanol–water partition coefficient (Wildman–Crippen LogP) is 5.43. The van der Waals surface area contributed by atoms with Gasteiger partial charge in [0, 0.05) is 24.0 Å². The van der Waals surface area contributed by atoms with Crippen LogP contribution in [0.3, 0.4) is 0 Å². The minimum Gasteiger partial charge on any atom is -0.334 e. The Morgan fingerprint density at radius 2 is 1.55 bits per heavy atom. The van der Waals surface area contributed by atoms with Crippen LogP contribution in [0.2, 0.25) is 5.02 Å². The van der Waals surface area contributed by atoms with Gasteiger partial charge in [0.15, 0.2) is 0 Å². The molecule has 1 aliphatic heterocycles. The molecule has 0 radical (unpaired) electrons. The number of halogens is 1. The lowest BCUT2D eigenvalue weighted by Gasteiger charge is -2.37. The van der Waals surface area contributed by atoms with Crippen LogP contribution in [0.15, 0.2) is 83.7 Å². The third-order valence-corrected chi connectivity index (χ3v) is 8.30. The summed E-state index contributed by atoms with van der Waals surface area (Å²) in [5.41, 5.74) is 4.50. The molecule has 218 valence electrons. The molecule has 7 nitrogen and oxygen atoms in total. The summed E-state index contributed by atoms with van der Waals surface area (Å²) in [4.78, 5) is 35.4. The molecule has 1 fully saturated rings. The van der Waals surface area contributed by atoms with E-state index in [1.165, 1.54) is 0 Å². The minimum absolute atomic E-state index is 0.00714. The number of nitrogens with zero attached hydrogens (tertiary/aromatic N) is 5. The van der Waals surface area contributed by atoms with Crippen molar-refractivity contribution >= 4 is 17.5 Å². The van der Waals surface area contributed by atoms with E-state index >= 15 is 0 Å². The molecule has 0 saturated carbocycles. The fraction of sp³-hybridized carbons (Fsp3) is 0.353. The van der Waals surface area contributed by atoms with Crippen LogP contribution in [-0.2, 0) is 37.1 Å². The summed E-state index contributed by atoms with van der Waals surface area (Å²) in [6.45, 7) is 4.36. The molecule has 0 bridgehead atoms. The molecule has 1 aromatic heterocycles. The highest BCUT2D eigenvalue weighted by molar-refractivity contribution is 6.30. The lowest BCUT2D eigenvalue weighted by Crippen LogP contribution is -2.47. The third kappa shape index (κ3) is 7.52. The number of hydrogen-bond acceptors (Lipinski definition) is 5. The van der Waals surface area contributed by atoms with Gasteiger partial charge in [-0.05, 0) is 80.2 Å². The number of benzene rings is 3. The van der Waals surface area contributed by atoms with Gasteiger partial charge in [-0.1, -0.05) is 85.3 Å². The maximum Gasteiger partial charge on any atom is 0.294 e. The Labute approximate surface area is 252 Å². The SMILES string of the molecule is CCc1nn(CC(=O)N(Cc2ccc(-c3ccc(Cl)cc3)cc2)C2CCN(C)CC2)c(CCc2ccccc2)nc1=O. The van der Waals surface area contributed by atoms with Gasteiger partial charge in [0.1, 0.15) is 18.1 Å². The Balaban J connectivity index is 1.38. The largest absolute Gasteiger partial charge is 0.334 e. The van der Waals surface area contributed by atoms with Crippen molar-refractivity contribution in [3.63, 3.8) is 0 Å². The van der Waals surface area contributed by atoms with E-state index in [-0.39, 0.29) is 24.1 Å². The van der Waals surface area contributed by atoms with Crippen LogP contribution < -0.4 is 5.56 Å². The van der Waals surface area contributed by atoms with E-state index in [0.29, 0.717) is 42.3 Å². The first kappa shape index (κ1) is 29.7. The Morgan fingerprint density at radius 1 is 0.905 bits per heavy atom. The molecule has 0 spiro atoms. The first-order chi connectivity index (χ1) is 20.4. The zero-order chi connectivity index (χ0) is 29.5. The fourth-order valence-electron chi connectivity index (χ4n) is 5.51. The van der Waals surface area contributed by atoms with Gasteiger partial charge in [-0.15, -0.1) is 0 Å². The molecule has 0 unspecified atom stereocenters. The number of aromatic nitrogens is 3. The highest BCUT2D eigenvalue weighted by atomic mass is 35.5. The lowest BCUT2D eigenvalue weighted by molar-refractivity contribution is -0.136. The van der Waals surface area contributed by atoms with Crippen LogP contribution >= 0.6 is 11.6 Å². The van der Waals surface area contributed by atoms with Gasteiger partial charge in [0.25, 0.3) is 5.56 Å². The highest BCUT2D eigenvalue weighted by Crippen LogP contribution is 2.24. The van der Waals surface area contributed by atoms with Gasteiger partial charge in [-0.2, -0.15) is 10.1 Å². The van der Waals surface area contributed by atoms with E-state index < -0.39 is 0 Å². The van der Waals surface area contributed by atoms with E-state index in [2.05, 4.69) is 58.4 Å². The van der Waals surface area contributed by atoms with Gasteiger partial charge < -0.3 is 9.80 Å². The maximum atomic E-state index is 14.1. The second kappa shape index (κ2) is 13.9. The Kier molecular flexibility index (Phi) is 9.82. The molecule has 0 N–H and O–H groups in total. The summed E-state index contributed by atoms with van der Waals surface area (Å²) < 4.78 is 1.66. The van der Waals surface area contributed by atoms with Crippen molar-refractivity contribution in [2.24, 2.45) is 0 Å². The van der Waals surface area contributed by atoms with Crippen molar-refractivity contribution in [1.29, 1.82) is 0 Å². The molecule has 42 heavy (non-hydrogen) atoms. The zero-order valence-electron chi connectivity index (χ0n) is 24.4. The van der Waals surface area contributed by atoms with Crippen LogP contribution in [0.1, 0.15) is 42.4 Å². The van der Waals surface area contributed by atoms with Crippen molar-refractivity contribution in [3.05, 3.63) is 117 Å². The molecule has 5 rings (SSSR count). The number of rotatable bonds is 10. The average molecular weight is 584 g/mol. The van der Waals surface area contributed by atoms with Crippen LogP contribution in [0.4, 0.5) is 0 Å². The Bertz CT molecular complexity index is 1530. The monoisotopic (exact) mass is 583 g/mol. The molecule has 0 atom stereocenters.